The van der Waals surface area contributed by atoms with Gasteiger partial charge in [0.15, 0.2) is 0 Å². The summed E-state index contributed by atoms with van der Waals surface area (Å²) in [6.45, 7) is 8.68. The van der Waals surface area contributed by atoms with Crippen molar-refractivity contribution < 1.29 is 4.39 Å². The van der Waals surface area contributed by atoms with Crippen LogP contribution in [0.3, 0.4) is 0 Å². The Bertz CT molecular complexity index is 632. The summed E-state index contributed by atoms with van der Waals surface area (Å²) < 4.78 is 14.6. The third-order valence-electron chi connectivity index (χ3n) is 3.62. The summed E-state index contributed by atoms with van der Waals surface area (Å²) in [5.41, 5.74) is 5.12. The second-order valence-corrected chi connectivity index (χ2v) is 6.33. The number of rotatable bonds is 4. The number of hydrogen-bond donors (Lipinski definition) is 1. The molecule has 0 aliphatic rings. The van der Waals surface area contributed by atoms with E-state index in [2.05, 4.69) is 46.1 Å². The van der Waals surface area contributed by atoms with Gasteiger partial charge in [-0.3, -0.25) is 4.98 Å². The molecule has 0 saturated heterocycles. The van der Waals surface area contributed by atoms with Crippen LogP contribution in [-0.2, 0) is 6.54 Å². The average molecular weight is 351 g/mol. The first-order valence-electron chi connectivity index (χ1n) is 7.00. The van der Waals surface area contributed by atoms with Crippen LogP contribution in [0.2, 0.25) is 0 Å². The largest absolute Gasteiger partial charge is 0.306 e. The minimum Gasteiger partial charge on any atom is -0.306 e. The minimum absolute atomic E-state index is 0.122. The van der Waals surface area contributed by atoms with E-state index in [9.17, 15) is 4.39 Å². The SMILES string of the molecule is Cc1cc(C)c(C(C)NCc2cc(Br)ccc2F)c(C)n1. The van der Waals surface area contributed by atoms with Gasteiger partial charge in [0, 0.05) is 34.0 Å². The molecule has 1 unspecified atom stereocenters. The van der Waals surface area contributed by atoms with Crippen molar-refractivity contribution in [2.24, 2.45) is 0 Å². The lowest BCUT2D eigenvalue weighted by Gasteiger charge is -2.19. The molecule has 0 aliphatic carbocycles. The highest BCUT2D eigenvalue weighted by Gasteiger charge is 2.13. The Morgan fingerprint density at radius 3 is 2.62 bits per heavy atom. The normalized spacial score (nSPS) is 12.5. The summed E-state index contributed by atoms with van der Waals surface area (Å²) in [6.07, 6.45) is 0. The zero-order valence-corrected chi connectivity index (χ0v) is 14.4. The number of pyridine rings is 1. The Hall–Kier alpha value is -1.26. The predicted molar refractivity (Wildman–Crippen MR) is 87.8 cm³/mol. The van der Waals surface area contributed by atoms with E-state index in [1.54, 1.807) is 6.07 Å². The fourth-order valence-corrected chi connectivity index (χ4v) is 3.14. The molecular weight excluding hydrogens is 331 g/mol. The molecule has 1 N–H and O–H groups in total. The summed E-state index contributed by atoms with van der Waals surface area (Å²) in [4.78, 5) is 4.52. The van der Waals surface area contributed by atoms with Gasteiger partial charge in [0.2, 0.25) is 0 Å². The fraction of sp³-hybridized carbons (Fsp3) is 0.353. The molecular formula is C17H20BrFN2. The molecule has 1 aromatic carbocycles. The zero-order valence-electron chi connectivity index (χ0n) is 12.8. The van der Waals surface area contributed by atoms with Crippen molar-refractivity contribution in [1.29, 1.82) is 0 Å². The lowest BCUT2D eigenvalue weighted by atomic mass is 10.00. The third kappa shape index (κ3) is 3.89. The third-order valence-corrected chi connectivity index (χ3v) is 4.12. The van der Waals surface area contributed by atoms with E-state index in [4.69, 9.17) is 0 Å². The van der Waals surface area contributed by atoms with Gasteiger partial charge in [0.25, 0.3) is 0 Å². The van der Waals surface area contributed by atoms with Crippen LogP contribution >= 0.6 is 15.9 Å². The van der Waals surface area contributed by atoms with Crippen LogP contribution in [0.25, 0.3) is 0 Å². The molecule has 0 fully saturated rings. The number of aryl methyl sites for hydroxylation is 3. The maximum absolute atomic E-state index is 13.8. The van der Waals surface area contributed by atoms with E-state index >= 15 is 0 Å². The van der Waals surface area contributed by atoms with Crippen molar-refractivity contribution >= 4 is 15.9 Å². The molecule has 1 atom stereocenters. The Balaban J connectivity index is 2.15. The van der Waals surface area contributed by atoms with Crippen LogP contribution in [0, 0.1) is 26.6 Å². The number of hydrogen-bond acceptors (Lipinski definition) is 2. The molecule has 1 heterocycles. The summed E-state index contributed by atoms with van der Waals surface area (Å²) in [5.74, 6) is -0.187. The van der Waals surface area contributed by atoms with Crippen LogP contribution in [0.5, 0.6) is 0 Å². The van der Waals surface area contributed by atoms with Crippen molar-refractivity contribution in [2.45, 2.75) is 40.3 Å². The number of nitrogens with one attached hydrogen (secondary N) is 1. The van der Waals surface area contributed by atoms with Gasteiger partial charge in [-0.05, 0) is 63.1 Å². The predicted octanol–water partition coefficient (Wildman–Crippen LogP) is 4.76. The standard InChI is InChI=1S/C17H20BrFN2/c1-10-7-11(2)21-13(4)17(10)12(3)20-9-14-8-15(18)5-6-16(14)19/h5-8,12,20H,9H2,1-4H3. The van der Waals surface area contributed by atoms with Gasteiger partial charge in [-0.2, -0.15) is 0 Å². The Kier molecular flexibility index (Phi) is 5.12. The first kappa shape index (κ1) is 16.1. The van der Waals surface area contributed by atoms with Crippen molar-refractivity contribution in [3.8, 4) is 0 Å². The second-order valence-electron chi connectivity index (χ2n) is 5.42. The number of aromatic nitrogens is 1. The molecule has 0 aliphatic heterocycles. The lowest BCUT2D eigenvalue weighted by Crippen LogP contribution is -2.21. The first-order chi connectivity index (χ1) is 9.88. The Labute approximate surface area is 133 Å². The maximum Gasteiger partial charge on any atom is 0.127 e. The van der Waals surface area contributed by atoms with Gasteiger partial charge >= 0.3 is 0 Å². The minimum atomic E-state index is -0.187. The molecule has 0 amide bonds. The second kappa shape index (κ2) is 6.67. The van der Waals surface area contributed by atoms with Crippen molar-refractivity contribution in [3.05, 3.63) is 62.6 Å². The molecule has 21 heavy (non-hydrogen) atoms. The van der Waals surface area contributed by atoms with Gasteiger partial charge < -0.3 is 5.32 Å². The van der Waals surface area contributed by atoms with Crippen LogP contribution in [0.15, 0.2) is 28.7 Å². The highest BCUT2D eigenvalue weighted by molar-refractivity contribution is 9.10. The summed E-state index contributed by atoms with van der Waals surface area (Å²) in [5, 5.41) is 3.38. The number of benzene rings is 1. The van der Waals surface area contributed by atoms with Crippen molar-refractivity contribution in [3.63, 3.8) is 0 Å². The van der Waals surface area contributed by atoms with Crippen molar-refractivity contribution in [1.82, 2.24) is 10.3 Å². The molecule has 0 bridgehead atoms. The van der Waals surface area contributed by atoms with Crippen LogP contribution in [0.4, 0.5) is 4.39 Å². The van der Waals surface area contributed by atoms with E-state index < -0.39 is 0 Å². The monoisotopic (exact) mass is 350 g/mol. The molecule has 2 aromatic rings. The van der Waals surface area contributed by atoms with E-state index in [0.29, 0.717) is 12.1 Å². The van der Waals surface area contributed by atoms with Gasteiger partial charge in [-0.25, -0.2) is 4.39 Å². The number of nitrogens with zero attached hydrogens (tertiary/aromatic N) is 1. The molecule has 0 radical (unpaired) electrons. The van der Waals surface area contributed by atoms with Gasteiger partial charge in [-0.15, -0.1) is 0 Å². The van der Waals surface area contributed by atoms with Gasteiger partial charge in [0.05, 0.1) is 0 Å². The lowest BCUT2D eigenvalue weighted by molar-refractivity contribution is 0.539. The summed E-state index contributed by atoms with van der Waals surface area (Å²) in [7, 11) is 0. The topological polar surface area (TPSA) is 24.9 Å². The summed E-state index contributed by atoms with van der Waals surface area (Å²) in [6, 6.07) is 7.20. The molecule has 0 saturated carbocycles. The smallest absolute Gasteiger partial charge is 0.127 e. The quantitative estimate of drug-likeness (QED) is 0.859. The van der Waals surface area contributed by atoms with Gasteiger partial charge in [0.1, 0.15) is 5.82 Å². The zero-order chi connectivity index (χ0) is 15.6. The average Bonchev–Trinajstić information content (AvgIpc) is 2.38. The molecule has 0 spiro atoms. The van der Waals surface area contributed by atoms with Gasteiger partial charge in [-0.1, -0.05) is 15.9 Å². The maximum atomic E-state index is 13.8. The highest BCUT2D eigenvalue weighted by atomic mass is 79.9. The Morgan fingerprint density at radius 1 is 1.24 bits per heavy atom. The van der Waals surface area contributed by atoms with Crippen LogP contribution in [-0.4, -0.2) is 4.98 Å². The number of halogens is 2. The Morgan fingerprint density at radius 2 is 1.95 bits per heavy atom. The fourth-order valence-electron chi connectivity index (χ4n) is 2.73. The van der Waals surface area contributed by atoms with E-state index in [1.165, 1.54) is 17.2 Å². The highest BCUT2D eigenvalue weighted by Crippen LogP contribution is 2.22. The molecule has 2 rings (SSSR count). The van der Waals surface area contributed by atoms with Crippen LogP contribution < -0.4 is 5.32 Å². The van der Waals surface area contributed by atoms with E-state index in [0.717, 1.165) is 15.9 Å². The van der Waals surface area contributed by atoms with Crippen molar-refractivity contribution in [2.75, 3.05) is 0 Å². The first-order valence-corrected chi connectivity index (χ1v) is 7.80. The van der Waals surface area contributed by atoms with E-state index in [1.807, 2.05) is 19.9 Å². The summed E-state index contributed by atoms with van der Waals surface area (Å²) >= 11 is 3.37. The van der Waals surface area contributed by atoms with E-state index in [-0.39, 0.29) is 11.9 Å². The molecule has 4 heteroatoms. The molecule has 112 valence electrons. The molecule has 1 aromatic heterocycles. The molecule has 2 nitrogen and oxygen atoms in total. The van der Waals surface area contributed by atoms with Crippen LogP contribution in [0.1, 0.15) is 41.0 Å².